The predicted molar refractivity (Wildman–Crippen MR) is 73.3 cm³/mol. The van der Waals surface area contributed by atoms with Gasteiger partial charge in [0.2, 0.25) is 0 Å². The standard InChI is InChI=1S/C8H11N.C7H9NO/c1-7(2)8-4-3-5-9-6-8;1-9-6-7-4-2-3-5-8-7/h3-7H,1-2H3;2-5H,6H2,1H3. The topological polar surface area (TPSA) is 35.0 Å². The summed E-state index contributed by atoms with van der Waals surface area (Å²) >= 11 is 0. The van der Waals surface area contributed by atoms with Crippen LogP contribution >= 0.6 is 0 Å². The second-order valence-corrected chi connectivity index (χ2v) is 4.20. The molecule has 18 heavy (non-hydrogen) atoms. The van der Waals surface area contributed by atoms with E-state index in [1.807, 2.05) is 30.5 Å². The third-order valence-corrected chi connectivity index (χ3v) is 2.37. The molecule has 0 fully saturated rings. The molecule has 3 heteroatoms. The van der Waals surface area contributed by atoms with Crippen molar-refractivity contribution in [3.05, 3.63) is 60.2 Å². The lowest BCUT2D eigenvalue weighted by atomic mass is 10.1. The van der Waals surface area contributed by atoms with Gasteiger partial charge in [-0.3, -0.25) is 9.97 Å². The van der Waals surface area contributed by atoms with Crippen molar-refractivity contribution >= 4 is 0 Å². The number of pyridine rings is 2. The maximum atomic E-state index is 4.87. The Hall–Kier alpha value is -1.74. The molecule has 0 aliphatic heterocycles. The van der Waals surface area contributed by atoms with Crippen LogP contribution in [0.25, 0.3) is 0 Å². The van der Waals surface area contributed by atoms with Crippen molar-refractivity contribution in [1.82, 2.24) is 9.97 Å². The third kappa shape index (κ3) is 5.55. The first-order chi connectivity index (χ1) is 8.74. The van der Waals surface area contributed by atoms with Gasteiger partial charge in [0.15, 0.2) is 0 Å². The van der Waals surface area contributed by atoms with E-state index in [1.165, 1.54) is 5.56 Å². The van der Waals surface area contributed by atoms with E-state index >= 15 is 0 Å². The Labute approximate surface area is 109 Å². The van der Waals surface area contributed by atoms with Crippen molar-refractivity contribution in [2.75, 3.05) is 7.11 Å². The van der Waals surface area contributed by atoms with Gasteiger partial charge in [0, 0.05) is 25.7 Å². The van der Waals surface area contributed by atoms with Crippen molar-refractivity contribution in [3.63, 3.8) is 0 Å². The summed E-state index contributed by atoms with van der Waals surface area (Å²) in [6.45, 7) is 4.93. The second-order valence-electron chi connectivity index (χ2n) is 4.20. The summed E-state index contributed by atoms with van der Waals surface area (Å²) < 4.78 is 4.87. The summed E-state index contributed by atoms with van der Waals surface area (Å²) in [6.07, 6.45) is 5.46. The van der Waals surface area contributed by atoms with Crippen molar-refractivity contribution in [3.8, 4) is 0 Å². The van der Waals surface area contributed by atoms with Gasteiger partial charge in [-0.15, -0.1) is 0 Å². The normalized spacial score (nSPS) is 9.78. The lowest BCUT2D eigenvalue weighted by molar-refractivity contribution is 0.181. The van der Waals surface area contributed by atoms with Crippen molar-refractivity contribution in [2.24, 2.45) is 0 Å². The van der Waals surface area contributed by atoms with Crippen LogP contribution in [0.4, 0.5) is 0 Å². The Balaban J connectivity index is 0.000000180. The van der Waals surface area contributed by atoms with Crippen LogP contribution in [0.2, 0.25) is 0 Å². The Morgan fingerprint density at radius 2 is 1.94 bits per heavy atom. The fourth-order valence-electron chi connectivity index (χ4n) is 1.35. The fraction of sp³-hybridized carbons (Fsp3) is 0.333. The summed E-state index contributed by atoms with van der Waals surface area (Å²) in [5.41, 5.74) is 2.28. The third-order valence-electron chi connectivity index (χ3n) is 2.37. The molecule has 2 aromatic heterocycles. The smallest absolute Gasteiger partial charge is 0.0884 e. The van der Waals surface area contributed by atoms with Gasteiger partial charge < -0.3 is 4.74 Å². The molecular formula is C15H20N2O. The zero-order valence-corrected chi connectivity index (χ0v) is 11.2. The maximum absolute atomic E-state index is 4.87. The highest BCUT2D eigenvalue weighted by molar-refractivity contribution is 5.12. The summed E-state index contributed by atoms with van der Waals surface area (Å²) in [7, 11) is 1.66. The Kier molecular flexibility index (Phi) is 6.66. The quantitative estimate of drug-likeness (QED) is 0.829. The van der Waals surface area contributed by atoms with E-state index in [-0.39, 0.29) is 0 Å². The first-order valence-corrected chi connectivity index (χ1v) is 6.02. The molecule has 0 unspecified atom stereocenters. The number of rotatable bonds is 3. The molecule has 0 N–H and O–H groups in total. The van der Waals surface area contributed by atoms with Gasteiger partial charge in [-0.2, -0.15) is 0 Å². The minimum atomic E-state index is 0.596. The van der Waals surface area contributed by atoms with Crippen LogP contribution < -0.4 is 0 Å². The Bertz CT molecular complexity index is 415. The molecular weight excluding hydrogens is 224 g/mol. The highest BCUT2D eigenvalue weighted by Gasteiger charge is 1.94. The number of ether oxygens (including phenoxy) is 1. The molecule has 0 spiro atoms. The Morgan fingerprint density at radius 1 is 1.11 bits per heavy atom. The number of hydrogen-bond donors (Lipinski definition) is 0. The SMILES string of the molecule is CC(C)c1cccnc1.COCc1ccccn1. The fourth-order valence-corrected chi connectivity index (χ4v) is 1.35. The first kappa shape index (κ1) is 14.3. The number of hydrogen-bond acceptors (Lipinski definition) is 3. The molecule has 0 saturated carbocycles. The van der Waals surface area contributed by atoms with E-state index in [0.717, 1.165) is 5.69 Å². The average Bonchev–Trinajstić information content (AvgIpc) is 2.42. The molecule has 0 radical (unpaired) electrons. The lowest BCUT2D eigenvalue weighted by Crippen LogP contribution is -1.88. The average molecular weight is 244 g/mol. The van der Waals surface area contributed by atoms with Crippen LogP contribution in [0.3, 0.4) is 0 Å². The van der Waals surface area contributed by atoms with Gasteiger partial charge in [-0.1, -0.05) is 26.0 Å². The van der Waals surface area contributed by atoms with Gasteiger partial charge in [0.1, 0.15) is 0 Å². The van der Waals surface area contributed by atoms with E-state index < -0.39 is 0 Å². The summed E-state index contributed by atoms with van der Waals surface area (Å²) in [4.78, 5) is 8.05. The summed E-state index contributed by atoms with van der Waals surface area (Å²) in [5.74, 6) is 0.596. The highest BCUT2D eigenvalue weighted by atomic mass is 16.5. The molecule has 2 rings (SSSR count). The summed E-state index contributed by atoms with van der Waals surface area (Å²) in [6, 6.07) is 9.83. The number of nitrogens with zero attached hydrogens (tertiary/aromatic N) is 2. The van der Waals surface area contributed by atoms with Gasteiger partial charge in [0.05, 0.1) is 12.3 Å². The molecule has 0 atom stereocenters. The second kappa shape index (κ2) is 8.37. The van der Waals surface area contributed by atoms with E-state index in [0.29, 0.717) is 12.5 Å². The van der Waals surface area contributed by atoms with Crippen LogP contribution in [-0.2, 0) is 11.3 Å². The molecule has 0 aliphatic rings. The van der Waals surface area contributed by atoms with Crippen molar-refractivity contribution in [2.45, 2.75) is 26.4 Å². The van der Waals surface area contributed by atoms with E-state index in [9.17, 15) is 0 Å². The molecule has 96 valence electrons. The minimum Gasteiger partial charge on any atom is -0.378 e. The number of methoxy groups -OCH3 is 1. The van der Waals surface area contributed by atoms with Gasteiger partial charge in [0.25, 0.3) is 0 Å². The van der Waals surface area contributed by atoms with E-state index in [1.54, 1.807) is 19.5 Å². The molecule has 0 amide bonds. The monoisotopic (exact) mass is 244 g/mol. The van der Waals surface area contributed by atoms with Crippen LogP contribution in [-0.4, -0.2) is 17.1 Å². The zero-order chi connectivity index (χ0) is 13.2. The van der Waals surface area contributed by atoms with Crippen LogP contribution in [0, 0.1) is 0 Å². The summed E-state index contributed by atoms with van der Waals surface area (Å²) in [5, 5.41) is 0. The first-order valence-electron chi connectivity index (χ1n) is 6.02. The molecule has 0 saturated heterocycles. The van der Waals surface area contributed by atoms with E-state index in [4.69, 9.17) is 4.74 Å². The number of aromatic nitrogens is 2. The van der Waals surface area contributed by atoms with E-state index in [2.05, 4.69) is 29.9 Å². The van der Waals surface area contributed by atoms with Crippen LogP contribution in [0.5, 0.6) is 0 Å². The molecule has 0 aliphatic carbocycles. The zero-order valence-electron chi connectivity index (χ0n) is 11.2. The molecule has 2 aromatic rings. The van der Waals surface area contributed by atoms with Crippen molar-refractivity contribution in [1.29, 1.82) is 0 Å². The van der Waals surface area contributed by atoms with Gasteiger partial charge >= 0.3 is 0 Å². The molecule has 0 bridgehead atoms. The molecule has 3 nitrogen and oxygen atoms in total. The van der Waals surface area contributed by atoms with Crippen molar-refractivity contribution < 1.29 is 4.74 Å². The predicted octanol–water partition coefficient (Wildman–Crippen LogP) is 3.43. The maximum Gasteiger partial charge on any atom is 0.0884 e. The van der Waals surface area contributed by atoms with Gasteiger partial charge in [-0.05, 0) is 29.7 Å². The highest BCUT2D eigenvalue weighted by Crippen LogP contribution is 2.10. The lowest BCUT2D eigenvalue weighted by Gasteiger charge is -2.00. The minimum absolute atomic E-state index is 0.596. The molecule has 0 aromatic carbocycles. The van der Waals surface area contributed by atoms with Crippen LogP contribution in [0.15, 0.2) is 48.9 Å². The van der Waals surface area contributed by atoms with Gasteiger partial charge in [-0.25, -0.2) is 0 Å². The van der Waals surface area contributed by atoms with Crippen LogP contribution in [0.1, 0.15) is 31.0 Å². The molecule has 2 heterocycles. The largest absolute Gasteiger partial charge is 0.378 e. The Morgan fingerprint density at radius 3 is 2.39 bits per heavy atom.